The van der Waals surface area contributed by atoms with E-state index in [2.05, 4.69) is 10.3 Å². The van der Waals surface area contributed by atoms with Gasteiger partial charge in [-0.05, 0) is 30.3 Å². The van der Waals surface area contributed by atoms with Crippen LogP contribution in [0.15, 0.2) is 36.5 Å². The Morgan fingerprint density at radius 3 is 2.33 bits per heavy atom. The standard InChI is InChI=1S/C12H9F3N4O2/c13-12(14,15)7-1-3-8(4-2-7)18-11-10(19(20)21)9(16)5-6-17-11/h1-6H,(H3,16,17,18). The van der Waals surface area contributed by atoms with E-state index in [0.29, 0.717) is 0 Å². The zero-order valence-corrected chi connectivity index (χ0v) is 10.4. The number of benzene rings is 1. The largest absolute Gasteiger partial charge is 0.416 e. The highest BCUT2D eigenvalue weighted by molar-refractivity contribution is 5.74. The van der Waals surface area contributed by atoms with Crippen LogP contribution in [0.2, 0.25) is 0 Å². The Labute approximate surface area is 116 Å². The van der Waals surface area contributed by atoms with E-state index in [-0.39, 0.29) is 17.2 Å². The fourth-order valence-electron chi connectivity index (χ4n) is 1.63. The highest BCUT2D eigenvalue weighted by atomic mass is 19.4. The van der Waals surface area contributed by atoms with Crippen molar-refractivity contribution in [2.24, 2.45) is 0 Å². The maximum Gasteiger partial charge on any atom is 0.416 e. The Hall–Kier alpha value is -2.84. The van der Waals surface area contributed by atoms with Crippen LogP contribution in [0.4, 0.5) is 36.1 Å². The van der Waals surface area contributed by atoms with Gasteiger partial charge in [0.2, 0.25) is 5.82 Å². The number of nitrogen functional groups attached to an aromatic ring is 1. The van der Waals surface area contributed by atoms with Crippen LogP contribution in [0.1, 0.15) is 5.56 Å². The first kappa shape index (κ1) is 14.6. The van der Waals surface area contributed by atoms with Crippen molar-refractivity contribution in [1.82, 2.24) is 4.98 Å². The quantitative estimate of drug-likeness (QED) is 0.669. The molecule has 0 amide bonds. The minimum absolute atomic E-state index is 0.0931. The van der Waals surface area contributed by atoms with Gasteiger partial charge in [-0.3, -0.25) is 10.1 Å². The molecule has 21 heavy (non-hydrogen) atoms. The molecular formula is C12H9F3N4O2. The summed E-state index contributed by atoms with van der Waals surface area (Å²) in [6.07, 6.45) is -3.19. The summed E-state index contributed by atoms with van der Waals surface area (Å²) in [7, 11) is 0. The van der Waals surface area contributed by atoms with E-state index in [1.54, 1.807) is 0 Å². The third kappa shape index (κ3) is 3.19. The molecule has 0 spiro atoms. The predicted octanol–water partition coefficient (Wildman–Crippen LogP) is 3.33. The number of rotatable bonds is 3. The van der Waals surface area contributed by atoms with Gasteiger partial charge < -0.3 is 11.1 Å². The van der Waals surface area contributed by atoms with E-state index in [1.165, 1.54) is 12.3 Å². The average Bonchev–Trinajstić information content (AvgIpc) is 2.38. The molecule has 1 heterocycles. The third-order valence-electron chi connectivity index (χ3n) is 2.61. The van der Waals surface area contributed by atoms with Crippen molar-refractivity contribution in [1.29, 1.82) is 0 Å². The Morgan fingerprint density at radius 1 is 1.19 bits per heavy atom. The van der Waals surface area contributed by atoms with E-state index in [4.69, 9.17) is 5.73 Å². The SMILES string of the molecule is Nc1ccnc(Nc2ccc(C(F)(F)F)cc2)c1[N+](=O)[O-]. The van der Waals surface area contributed by atoms with E-state index in [0.717, 1.165) is 24.3 Å². The van der Waals surface area contributed by atoms with Crippen LogP contribution >= 0.6 is 0 Å². The molecule has 0 aliphatic carbocycles. The molecule has 0 unspecified atom stereocenters. The van der Waals surface area contributed by atoms with Crippen LogP contribution in [-0.2, 0) is 6.18 Å². The monoisotopic (exact) mass is 298 g/mol. The molecule has 2 aromatic rings. The number of hydrogen-bond donors (Lipinski definition) is 2. The second kappa shape index (κ2) is 5.27. The van der Waals surface area contributed by atoms with Crippen LogP contribution in [0.5, 0.6) is 0 Å². The van der Waals surface area contributed by atoms with Gasteiger partial charge in [0.1, 0.15) is 5.69 Å². The molecular weight excluding hydrogens is 289 g/mol. The molecule has 0 bridgehead atoms. The van der Waals surface area contributed by atoms with Gasteiger partial charge in [0.05, 0.1) is 10.5 Å². The Bertz CT molecular complexity index is 671. The molecule has 0 aliphatic heterocycles. The molecule has 0 atom stereocenters. The highest BCUT2D eigenvalue weighted by Gasteiger charge is 2.30. The second-order valence-electron chi connectivity index (χ2n) is 4.05. The van der Waals surface area contributed by atoms with Crippen molar-refractivity contribution in [3.05, 3.63) is 52.2 Å². The zero-order valence-electron chi connectivity index (χ0n) is 10.4. The molecule has 9 heteroatoms. The van der Waals surface area contributed by atoms with Crippen LogP contribution in [0.3, 0.4) is 0 Å². The zero-order chi connectivity index (χ0) is 15.6. The number of pyridine rings is 1. The van der Waals surface area contributed by atoms with Crippen molar-refractivity contribution in [2.75, 3.05) is 11.1 Å². The Kier molecular flexibility index (Phi) is 3.66. The van der Waals surface area contributed by atoms with Gasteiger partial charge in [-0.25, -0.2) is 4.98 Å². The number of nitro groups is 1. The molecule has 110 valence electrons. The summed E-state index contributed by atoms with van der Waals surface area (Å²) in [6.45, 7) is 0. The molecule has 1 aromatic carbocycles. The van der Waals surface area contributed by atoms with E-state index < -0.39 is 22.4 Å². The van der Waals surface area contributed by atoms with Crippen LogP contribution in [0.25, 0.3) is 0 Å². The van der Waals surface area contributed by atoms with Crippen molar-refractivity contribution in [2.45, 2.75) is 6.18 Å². The smallest absolute Gasteiger partial charge is 0.393 e. The maximum atomic E-state index is 12.4. The molecule has 6 nitrogen and oxygen atoms in total. The lowest BCUT2D eigenvalue weighted by atomic mass is 10.2. The lowest BCUT2D eigenvalue weighted by Gasteiger charge is -2.09. The number of nitrogens with two attached hydrogens (primary N) is 1. The van der Waals surface area contributed by atoms with Crippen molar-refractivity contribution in [3.63, 3.8) is 0 Å². The summed E-state index contributed by atoms with van der Waals surface area (Å²) in [5, 5.41) is 13.5. The van der Waals surface area contributed by atoms with Crippen LogP contribution < -0.4 is 11.1 Å². The summed E-state index contributed by atoms with van der Waals surface area (Å²) >= 11 is 0. The number of aromatic nitrogens is 1. The molecule has 2 rings (SSSR count). The summed E-state index contributed by atoms with van der Waals surface area (Å²) in [5.41, 5.74) is 4.37. The first-order chi connectivity index (χ1) is 9.79. The number of alkyl halides is 3. The van der Waals surface area contributed by atoms with E-state index in [1.807, 2.05) is 0 Å². The minimum atomic E-state index is -4.44. The topological polar surface area (TPSA) is 94.1 Å². The lowest BCUT2D eigenvalue weighted by molar-refractivity contribution is -0.383. The molecule has 3 N–H and O–H groups in total. The molecule has 0 aliphatic rings. The van der Waals surface area contributed by atoms with Gasteiger partial charge in [0, 0.05) is 11.9 Å². The summed E-state index contributed by atoms with van der Waals surface area (Å²) in [4.78, 5) is 14.0. The van der Waals surface area contributed by atoms with Gasteiger partial charge in [-0.15, -0.1) is 0 Å². The van der Waals surface area contributed by atoms with Gasteiger partial charge in [-0.1, -0.05) is 0 Å². The number of hydrogen-bond acceptors (Lipinski definition) is 5. The number of nitrogens with zero attached hydrogens (tertiary/aromatic N) is 2. The number of nitrogens with one attached hydrogen (secondary N) is 1. The predicted molar refractivity (Wildman–Crippen MR) is 70.0 cm³/mol. The van der Waals surface area contributed by atoms with Crippen LogP contribution in [0, 0.1) is 10.1 Å². The fourth-order valence-corrected chi connectivity index (χ4v) is 1.63. The summed E-state index contributed by atoms with van der Waals surface area (Å²) in [5.74, 6) is -0.139. The first-order valence-electron chi connectivity index (χ1n) is 5.62. The normalized spacial score (nSPS) is 11.2. The third-order valence-corrected chi connectivity index (χ3v) is 2.61. The van der Waals surface area contributed by atoms with Crippen molar-refractivity contribution < 1.29 is 18.1 Å². The van der Waals surface area contributed by atoms with Gasteiger partial charge >= 0.3 is 11.9 Å². The van der Waals surface area contributed by atoms with Crippen molar-refractivity contribution >= 4 is 22.9 Å². The maximum absolute atomic E-state index is 12.4. The minimum Gasteiger partial charge on any atom is -0.393 e. The average molecular weight is 298 g/mol. The van der Waals surface area contributed by atoms with Crippen molar-refractivity contribution in [3.8, 4) is 0 Å². The molecule has 1 aromatic heterocycles. The fraction of sp³-hybridized carbons (Fsp3) is 0.0833. The molecule has 0 radical (unpaired) electrons. The van der Waals surface area contributed by atoms with Gasteiger partial charge in [-0.2, -0.15) is 13.2 Å². The van der Waals surface area contributed by atoms with Crippen LogP contribution in [-0.4, -0.2) is 9.91 Å². The summed E-state index contributed by atoms with van der Waals surface area (Å²) < 4.78 is 37.3. The van der Waals surface area contributed by atoms with E-state index in [9.17, 15) is 23.3 Å². The molecule has 0 saturated carbocycles. The first-order valence-corrected chi connectivity index (χ1v) is 5.62. The Balaban J connectivity index is 2.31. The molecule has 0 fully saturated rings. The second-order valence-corrected chi connectivity index (χ2v) is 4.05. The highest BCUT2D eigenvalue weighted by Crippen LogP contribution is 2.33. The Morgan fingerprint density at radius 2 is 1.81 bits per heavy atom. The molecule has 0 saturated heterocycles. The number of anilines is 3. The van der Waals surface area contributed by atoms with Gasteiger partial charge in [0.15, 0.2) is 0 Å². The van der Waals surface area contributed by atoms with Gasteiger partial charge in [0.25, 0.3) is 0 Å². The number of halogens is 3. The lowest BCUT2D eigenvalue weighted by Crippen LogP contribution is -2.05. The summed E-state index contributed by atoms with van der Waals surface area (Å²) in [6, 6.07) is 5.28. The van der Waals surface area contributed by atoms with E-state index >= 15 is 0 Å².